The third-order valence-corrected chi connectivity index (χ3v) is 2.71. The third kappa shape index (κ3) is 4.42. The number of carbonyl (C=O) groups excluding carboxylic acids is 2. The Hall–Kier alpha value is -2.31. The van der Waals surface area contributed by atoms with Gasteiger partial charge >= 0.3 is 5.97 Å². The number of hydrogen-bond donors (Lipinski definition) is 3. The molecule has 7 heteroatoms. The van der Waals surface area contributed by atoms with Crippen molar-refractivity contribution in [2.75, 3.05) is 24.7 Å². The summed E-state index contributed by atoms with van der Waals surface area (Å²) in [6, 6.07) is 2.38. The SMILES string of the molecule is COC(=O)c1cc(NCCCCC(N)=O)c(F)cc1N. The van der Waals surface area contributed by atoms with Crippen LogP contribution in [0.2, 0.25) is 0 Å². The summed E-state index contributed by atoms with van der Waals surface area (Å²) in [5.74, 6) is -1.54. The summed E-state index contributed by atoms with van der Waals surface area (Å²) in [6.45, 7) is 0.453. The fraction of sp³-hybridized carbons (Fsp3) is 0.385. The van der Waals surface area contributed by atoms with Gasteiger partial charge in [-0.15, -0.1) is 0 Å². The predicted octanol–water partition coefficient (Wildman–Crippen LogP) is 1.26. The zero-order valence-electron chi connectivity index (χ0n) is 11.2. The summed E-state index contributed by atoms with van der Waals surface area (Å²) in [6.07, 6.45) is 1.56. The van der Waals surface area contributed by atoms with Gasteiger partial charge in [0, 0.05) is 18.7 Å². The molecule has 0 fully saturated rings. The van der Waals surface area contributed by atoms with E-state index in [1.54, 1.807) is 0 Å². The number of esters is 1. The summed E-state index contributed by atoms with van der Waals surface area (Å²) in [5.41, 5.74) is 10.9. The molecule has 0 aromatic heterocycles. The van der Waals surface area contributed by atoms with Crippen LogP contribution in [0.25, 0.3) is 0 Å². The maximum absolute atomic E-state index is 13.7. The summed E-state index contributed by atoms with van der Waals surface area (Å²) < 4.78 is 18.2. The highest BCUT2D eigenvalue weighted by atomic mass is 19.1. The van der Waals surface area contributed by atoms with Gasteiger partial charge in [0.1, 0.15) is 5.82 Å². The molecule has 1 aromatic rings. The van der Waals surface area contributed by atoms with E-state index in [0.29, 0.717) is 25.8 Å². The Morgan fingerprint density at radius 2 is 2.05 bits per heavy atom. The predicted molar refractivity (Wildman–Crippen MR) is 73.7 cm³/mol. The fourth-order valence-corrected chi connectivity index (χ4v) is 1.66. The van der Waals surface area contributed by atoms with Crippen LogP contribution in [-0.2, 0) is 9.53 Å². The average molecular weight is 283 g/mol. The van der Waals surface area contributed by atoms with Crippen LogP contribution in [0.3, 0.4) is 0 Å². The van der Waals surface area contributed by atoms with Crippen molar-refractivity contribution in [3.8, 4) is 0 Å². The quantitative estimate of drug-likeness (QED) is 0.397. The summed E-state index contributed by atoms with van der Waals surface area (Å²) in [4.78, 5) is 22.0. The van der Waals surface area contributed by atoms with Gasteiger partial charge in [-0.3, -0.25) is 4.79 Å². The number of primary amides is 1. The number of ether oxygens (including phenoxy) is 1. The molecular weight excluding hydrogens is 265 g/mol. The van der Waals surface area contributed by atoms with Gasteiger partial charge in [-0.05, 0) is 25.0 Å². The van der Waals surface area contributed by atoms with Crippen molar-refractivity contribution in [1.82, 2.24) is 0 Å². The van der Waals surface area contributed by atoms with Crippen molar-refractivity contribution in [2.24, 2.45) is 5.73 Å². The van der Waals surface area contributed by atoms with Gasteiger partial charge in [-0.1, -0.05) is 0 Å². The first kappa shape index (κ1) is 15.7. The molecule has 0 atom stereocenters. The molecule has 0 heterocycles. The highest BCUT2D eigenvalue weighted by Crippen LogP contribution is 2.23. The maximum Gasteiger partial charge on any atom is 0.340 e. The smallest absolute Gasteiger partial charge is 0.340 e. The van der Waals surface area contributed by atoms with Crippen LogP contribution in [0.1, 0.15) is 29.6 Å². The maximum atomic E-state index is 13.7. The molecule has 1 rings (SSSR count). The Bertz CT molecular complexity index is 506. The Kier molecular flexibility index (Phi) is 5.76. The molecule has 0 bridgehead atoms. The van der Waals surface area contributed by atoms with Crippen molar-refractivity contribution < 1.29 is 18.7 Å². The van der Waals surface area contributed by atoms with Crippen LogP contribution >= 0.6 is 0 Å². The van der Waals surface area contributed by atoms with E-state index < -0.39 is 11.8 Å². The Labute approximate surface area is 116 Å². The summed E-state index contributed by atoms with van der Waals surface area (Å²) >= 11 is 0. The molecule has 1 aromatic carbocycles. The second kappa shape index (κ2) is 7.32. The number of anilines is 2. The zero-order valence-corrected chi connectivity index (χ0v) is 11.2. The number of halogens is 1. The van der Waals surface area contributed by atoms with Gasteiger partial charge in [0.25, 0.3) is 0 Å². The first-order chi connectivity index (χ1) is 9.45. The normalized spacial score (nSPS) is 10.1. The van der Waals surface area contributed by atoms with Crippen molar-refractivity contribution >= 4 is 23.3 Å². The number of benzene rings is 1. The minimum Gasteiger partial charge on any atom is -0.465 e. The molecule has 0 saturated heterocycles. The number of nitrogens with one attached hydrogen (secondary N) is 1. The average Bonchev–Trinajstić information content (AvgIpc) is 2.39. The van der Waals surface area contributed by atoms with E-state index in [1.165, 1.54) is 13.2 Å². The van der Waals surface area contributed by atoms with E-state index in [9.17, 15) is 14.0 Å². The summed E-state index contributed by atoms with van der Waals surface area (Å²) in [5, 5.41) is 2.84. The van der Waals surface area contributed by atoms with E-state index >= 15 is 0 Å². The fourth-order valence-electron chi connectivity index (χ4n) is 1.66. The second-order valence-electron chi connectivity index (χ2n) is 4.26. The molecule has 6 nitrogen and oxygen atoms in total. The lowest BCUT2D eigenvalue weighted by Crippen LogP contribution is -2.12. The molecule has 20 heavy (non-hydrogen) atoms. The molecular formula is C13H18FN3O3. The molecule has 0 spiro atoms. The van der Waals surface area contributed by atoms with E-state index in [4.69, 9.17) is 11.5 Å². The highest BCUT2D eigenvalue weighted by Gasteiger charge is 2.14. The van der Waals surface area contributed by atoms with E-state index in [1.807, 2.05) is 0 Å². The van der Waals surface area contributed by atoms with Gasteiger partial charge in [-0.25, -0.2) is 9.18 Å². The van der Waals surface area contributed by atoms with Crippen molar-refractivity contribution in [2.45, 2.75) is 19.3 Å². The van der Waals surface area contributed by atoms with Gasteiger partial charge in [0.15, 0.2) is 0 Å². The lowest BCUT2D eigenvalue weighted by Gasteiger charge is -2.11. The number of methoxy groups -OCH3 is 1. The van der Waals surface area contributed by atoms with Crippen LogP contribution in [-0.4, -0.2) is 25.5 Å². The highest BCUT2D eigenvalue weighted by molar-refractivity contribution is 5.96. The molecule has 0 radical (unpaired) electrons. The van der Waals surface area contributed by atoms with Crippen molar-refractivity contribution in [1.29, 1.82) is 0 Å². The lowest BCUT2D eigenvalue weighted by molar-refractivity contribution is -0.118. The number of nitrogen functional groups attached to an aromatic ring is 1. The lowest BCUT2D eigenvalue weighted by atomic mass is 10.1. The van der Waals surface area contributed by atoms with Gasteiger partial charge in [-0.2, -0.15) is 0 Å². The topological polar surface area (TPSA) is 107 Å². The number of hydrogen-bond acceptors (Lipinski definition) is 5. The number of carbonyl (C=O) groups is 2. The minimum atomic E-state index is -0.626. The van der Waals surface area contributed by atoms with Crippen LogP contribution in [0.15, 0.2) is 12.1 Å². The first-order valence-electron chi connectivity index (χ1n) is 6.15. The number of unbranched alkanes of at least 4 members (excludes halogenated alkanes) is 1. The van der Waals surface area contributed by atoms with Crippen LogP contribution in [0, 0.1) is 5.82 Å². The van der Waals surface area contributed by atoms with Crippen LogP contribution in [0.5, 0.6) is 0 Å². The first-order valence-corrected chi connectivity index (χ1v) is 6.15. The van der Waals surface area contributed by atoms with E-state index in [-0.39, 0.29) is 22.8 Å². The van der Waals surface area contributed by atoms with Crippen LogP contribution in [0.4, 0.5) is 15.8 Å². The molecule has 0 aliphatic heterocycles. The van der Waals surface area contributed by atoms with E-state index in [2.05, 4.69) is 10.1 Å². The Morgan fingerprint density at radius 3 is 2.65 bits per heavy atom. The Morgan fingerprint density at radius 1 is 1.35 bits per heavy atom. The van der Waals surface area contributed by atoms with Crippen LogP contribution < -0.4 is 16.8 Å². The number of amides is 1. The molecule has 0 aliphatic carbocycles. The molecule has 0 unspecified atom stereocenters. The second-order valence-corrected chi connectivity index (χ2v) is 4.26. The standard InChI is InChI=1S/C13H18FN3O3/c1-20-13(19)8-6-11(9(14)7-10(8)15)17-5-3-2-4-12(16)18/h6-7,17H,2-5,15H2,1H3,(H2,16,18). The largest absolute Gasteiger partial charge is 0.465 e. The molecule has 110 valence electrons. The van der Waals surface area contributed by atoms with Crippen molar-refractivity contribution in [3.63, 3.8) is 0 Å². The summed E-state index contributed by atoms with van der Waals surface area (Å²) in [7, 11) is 1.22. The number of rotatable bonds is 7. The van der Waals surface area contributed by atoms with Gasteiger partial charge in [0.2, 0.25) is 5.91 Å². The zero-order chi connectivity index (χ0) is 15.1. The number of nitrogens with two attached hydrogens (primary N) is 2. The molecule has 0 aliphatic rings. The molecule has 1 amide bonds. The third-order valence-electron chi connectivity index (χ3n) is 2.71. The van der Waals surface area contributed by atoms with Gasteiger partial charge < -0.3 is 21.5 Å². The molecule has 0 saturated carbocycles. The van der Waals surface area contributed by atoms with E-state index in [0.717, 1.165) is 6.07 Å². The monoisotopic (exact) mass is 283 g/mol. The Balaban J connectivity index is 2.65. The minimum absolute atomic E-state index is 0.0219. The van der Waals surface area contributed by atoms with Crippen molar-refractivity contribution in [3.05, 3.63) is 23.5 Å². The molecule has 5 N–H and O–H groups in total. The van der Waals surface area contributed by atoms with Gasteiger partial charge in [0.05, 0.1) is 18.4 Å².